The van der Waals surface area contributed by atoms with Crippen molar-refractivity contribution < 1.29 is 4.74 Å². The highest BCUT2D eigenvalue weighted by Crippen LogP contribution is 2.32. The summed E-state index contributed by atoms with van der Waals surface area (Å²) in [7, 11) is 1.81. The molecule has 1 fully saturated rings. The summed E-state index contributed by atoms with van der Waals surface area (Å²) in [5, 5.41) is 0. The lowest BCUT2D eigenvalue weighted by Gasteiger charge is -2.41. The van der Waals surface area contributed by atoms with Crippen molar-refractivity contribution in [2.75, 3.05) is 20.2 Å². The van der Waals surface area contributed by atoms with E-state index in [4.69, 9.17) is 10.5 Å². The summed E-state index contributed by atoms with van der Waals surface area (Å²) in [6.45, 7) is 6.26. The molecule has 3 atom stereocenters. The standard InChI is InChI=1S/C14H24N2OS/c1-10-4-5-14(18-10)11(2)16-7-6-13(17-3)8-12(16)9-15/h4-5,11-13H,6-9,15H2,1-3H3. The molecule has 4 heteroatoms. The second-order valence-corrected chi connectivity index (χ2v) is 6.45. The van der Waals surface area contributed by atoms with Gasteiger partial charge in [0.25, 0.3) is 0 Å². The van der Waals surface area contributed by atoms with Gasteiger partial charge in [0.15, 0.2) is 0 Å². The van der Waals surface area contributed by atoms with Crippen LogP contribution in [-0.2, 0) is 4.74 Å². The summed E-state index contributed by atoms with van der Waals surface area (Å²) in [5.41, 5.74) is 5.94. The van der Waals surface area contributed by atoms with Gasteiger partial charge in [-0.25, -0.2) is 0 Å². The highest BCUT2D eigenvalue weighted by molar-refractivity contribution is 7.12. The molecule has 18 heavy (non-hydrogen) atoms. The van der Waals surface area contributed by atoms with Gasteiger partial charge in [0, 0.05) is 42.0 Å². The topological polar surface area (TPSA) is 38.5 Å². The van der Waals surface area contributed by atoms with Crippen molar-refractivity contribution in [2.45, 2.75) is 44.9 Å². The molecule has 1 aliphatic heterocycles. The maximum absolute atomic E-state index is 5.94. The number of thiophene rings is 1. The number of rotatable bonds is 4. The lowest BCUT2D eigenvalue weighted by Crippen LogP contribution is -2.49. The molecule has 0 radical (unpaired) electrons. The monoisotopic (exact) mass is 268 g/mol. The van der Waals surface area contributed by atoms with E-state index in [0.717, 1.165) is 19.4 Å². The van der Waals surface area contributed by atoms with Crippen LogP contribution in [0.4, 0.5) is 0 Å². The predicted octanol–water partition coefficient (Wildman–Crippen LogP) is 2.56. The summed E-state index contributed by atoms with van der Waals surface area (Å²) >= 11 is 1.89. The van der Waals surface area contributed by atoms with Gasteiger partial charge in [-0.05, 0) is 38.8 Å². The molecule has 102 valence electrons. The van der Waals surface area contributed by atoms with E-state index in [1.54, 1.807) is 7.11 Å². The molecule has 2 heterocycles. The van der Waals surface area contributed by atoms with Crippen LogP contribution in [-0.4, -0.2) is 37.2 Å². The fraction of sp³-hybridized carbons (Fsp3) is 0.714. The summed E-state index contributed by atoms with van der Waals surface area (Å²) in [6, 6.07) is 5.37. The van der Waals surface area contributed by atoms with E-state index in [-0.39, 0.29) is 0 Å². The first-order valence-electron chi connectivity index (χ1n) is 6.70. The third-order valence-corrected chi connectivity index (χ3v) is 5.16. The van der Waals surface area contributed by atoms with Crippen LogP contribution in [0.25, 0.3) is 0 Å². The van der Waals surface area contributed by atoms with Gasteiger partial charge in [0.2, 0.25) is 0 Å². The Kier molecular flexibility index (Phi) is 4.78. The molecule has 2 N–H and O–H groups in total. The van der Waals surface area contributed by atoms with Gasteiger partial charge in [0.1, 0.15) is 0 Å². The fourth-order valence-corrected chi connectivity index (χ4v) is 3.78. The van der Waals surface area contributed by atoms with Crippen LogP contribution in [0.5, 0.6) is 0 Å². The first-order valence-corrected chi connectivity index (χ1v) is 7.52. The molecule has 3 nitrogen and oxygen atoms in total. The van der Waals surface area contributed by atoms with Gasteiger partial charge >= 0.3 is 0 Å². The SMILES string of the molecule is COC1CCN(C(C)c2ccc(C)s2)C(CN)C1. The number of likely N-dealkylation sites (tertiary alicyclic amines) is 1. The number of nitrogens with two attached hydrogens (primary N) is 1. The normalized spacial score (nSPS) is 27.3. The number of hydrogen-bond donors (Lipinski definition) is 1. The van der Waals surface area contributed by atoms with Crippen molar-refractivity contribution in [3.8, 4) is 0 Å². The maximum Gasteiger partial charge on any atom is 0.0599 e. The molecule has 1 saturated heterocycles. The minimum Gasteiger partial charge on any atom is -0.381 e. The summed E-state index contributed by atoms with van der Waals surface area (Å²) in [4.78, 5) is 5.37. The summed E-state index contributed by atoms with van der Waals surface area (Å²) < 4.78 is 5.48. The number of nitrogens with zero attached hydrogens (tertiary/aromatic N) is 1. The van der Waals surface area contributed by atoms with Gasteiger partial charge in [-0.15, -0.1) is 11.3 Å². The molecule has 0 spiro atoms. The molecule has 0 aromatic carbocycles. The van der Waals surface area contributed by atoms with Gasteiger partial charge in [-0.3, -0.25) is 4.90 Å². The van der Waals surface area contributed by atoms with E-state index in [2.05, 4.69) is 30.9 Å². The third kappa shape index (κ3) is 2.94. The second kappa shape index (κ2) is 6.15. The van der Waals surface area contributed by atoms with Crippen LogP contribution >= 0.6 is 11.3 Å². The maximum atomic E-state index is 5.94. The molecule has 1 aromatic rings. The molecule has 1 aliphatic rings. The molecule has 0 aliphatic carbocycles. The van der Waals surface area contributed by atoms with Gasteiger partial charge in [0.05, 0.1) is 6.10 Å². The molecule has 0 saturated carbocycles. The van der Waals surface area contributed by atoms with Gasteiger partial charge < -0.3 is 10.5 Å². The van der Waals surface area contributed by atoms with E-state index in [9.17, 15) is 0 Å². The Bertz CT molecular complexity index is 380. The van der Waals surface area contributed by atoms with Crippen molar-refractivity contribution in [3.63, 3.8) is 0 Å². The quantitative estimate of drug-likeness (QED) is 0.912. The molecular weight excluding hydrogens is 244 g/mol. The lowest BCUT2D eigenvalue weighted by atomic mass is 9.97. The Morgan fingerprint density at radius 2 is 2.33 bits per heavy atom. The van der Waals surface area contributed by atoms with E-state index < -0.39 is 0 Å². The number of hydrogen-bond acceptors (Lipinski definition) is 4. The largest absolute Gasteiger partial charge is 0.381 e. The Hall–Kier alpha value is -0.420. The molecule has 1 aromatic heterocycles. The predicted molar refractivity (Wildman–Crippen MR) is 77.1 cm³/mol. The smallest absolute Gasteiger partial charge is 0.0599 e. The van der Waals surface area contributed by atoms with E-state index in [0.29, 0.717) is 24.7 Å². The zero-order valence-corrected chi connectivity index (χ0v) is 12.4. The number of piperidine rings is 1. The minimum absolute atomic E-state index is 0.382. The van der Waals surface area contributed by atoms with E-state index in [1.807, 2.05) is 11.3 Å². The van der Waals surface area contributed by atoms with Crippen LogP contribution in [0.15, 0.2) is 12.1 Å². The van der Waals surface area contributed by atoms with E-state index >= 15 is 0 Å². The lowest BCUT2D eigenvalue weighted by molar-refractivity contribution is -0.00107. The minimum atomic E-state index is 0.382. The van der Waals surface area contributed by atoms with Crippen molar-refractivity contribution in [2.24, 2.45) is 5.73 Å². The van der Waals surface area contributed by atoms with Gasteiger partial charge in [-0.2, -0.15) is 0 Å². The van der Waals surface area contributed by atoms with Gasteiger partial charge in [-0.1, -0.05) is 0 Å². The number of methoxy groups -OCH3 is 1. The van der Waals surface area contributed by atoms with Crippen molar-refractivity contribution in [1.82, 2.24) is 4.90 Å². The van der Waals surface area contributed by atoms with Crippen molar-refractivity contribution in [3.05, 3.63) is 21.9 Å². The second-order valence-electron chi connectivity index (χ2n) is 5.13. The first-order chi connectivity index (χ1) is 8.65. The van der Waals surface area contributed by atoms with E-state index in [1.165, 1.54) is 9.75 Å². The first kappa shape index (κ1) is 14.0. The van der Waals surface area contributed by atoms with Crippen LogP contribution in [0.1, 0.15) is 35.6 Å². The Morgan fingerprint density at radius 1 is 1.56 bits per heavy atom. The summed E-state index contributed by atoms with van der Waals surface area (Å²) in [6.07, 6.45) is 2.55. The van der Waals surface area contributed by atoms with Crippen LogP contribution < -0.4 is 5.73 Å². The highest BCUT2D eigenvalue weighted by Gasteiger charge is 2.31. The van der Waals surface area contributed by atoms with Crippen LogP contribution in [0, 0.1) is 6.92 Å². The van der Waals surface area contributed by atoms with Crippen LogP contribution in [0.3, 0.4) is 0 Å². The summed E-state index contributed by atoms with van der Waals surface area (Å²) in [5.74, 6) is 0. The molecular formula is C14H24N2OS. The fourth-order valence-electron chi connectivity index (χ4n) is 2.83. The Labute approximate surface area is 114 Å². The Morgan fingerprint density at radius 3 is 2.89 bits per heavy atom. The van der Waals surface area contributed by atoms with Crippen LogP contribution in [0.2, 0.25) is 0 Å². The average molecular weight is 268 g/mol. The molecule has 3 unspecified atom stereocenters. The zero-order valence-electron chi connectivity index (χ0n) is 11.6. The average Bonchev–Trinajstić information content (AvgIpc) is 2.83. The van der Waals surface area contributed by atoms with Crippen molar-refractivity contribution in [1.29, 1.82) is 0 Å². The van der Waals surface area contributed by atoms with Crippen molar-refractivity contribution >= 4 is 11.3 Å². The molecule has 0 bridgehead atoms. The third-order valence-electron chi connectivity index (χ3n) is 3.99. The Balaban J connectivity index is 2.07. The highest BCUT2D eigenvalue weighted by atomic mass is 32.1. The zero-order chi connectivity index (χ0) is 13.1. The molecule has 2 rings (SSSR count). The molecule has 0 amide bonds. The number of aryl methyl sites for hydroxylation is 1. The number of ether oxygens (including phenoxy) is 1.